The molecule has 90 valence electrons. The number of hydrogen-bond acceptors (Lipinski definition) is 1. The molecule has 0 saturated carbocycles. The Morgan fingerprint density at radius 1 is 1.00 bits per heavy atom. The highest BCUT2D eigenvalue weighted by Crippen LogP contribution is 2.24. The fraction of sp³-hybridized carbons (Fsp3) is 0.133. The maximum Gasteiger partial charge on any atom is 0.138 e. The van der Waals surface area contributed by atoms with Crippen LogP contribution in [0.15, 0.2) is 40.9 Å². The average molecular weight is 301 g/mol. The van der Waals surface area contributed by atoms with Crippen molar-refractivity contribution in [1.82, 2.24) is 9.97 Å². The van der Waals surface area contributed by atoms with Crippen LogP contribution in [0.25, 0.3) is 22.4 Å². The first kappa shape index (κ1) is 11.5. The van der Waals surface area contributed by atoms with Gasteiger partial charge in [0, 0.05) is 10.0 Å². The first-order valence-electron chi connectivity index (χ1n) is 5.86. The molecule has 1 N–H and O–H groups in total. The lowest BCUT2D eigenvalue weighted by Crippen LogP contribution is -1.84. The smallest absolute Gasteiger partial charge is 0.138 e. The first-order chi connectivity index (χ1) is 8.61. The molecule has 0 atom stereocenters. The van der Waals surface area contributed by atoms with Gasteiger partial charge in [0.05, 0.1) is 11.0 Å². The largest absolute Gasteiger partial charge is 0.338 e. The number of imidazole rings is 1. The van der Waals surface area contributed by atoms with Gasteiger partial charge in [-0.1, -0.05) is 33.1 Å². The van der Waals surface area contributed by atoms with Crippen LogP contribution in [-0.4, -0.2) is 9.97 Å². The monoisotopic (exact) mass is 300 g/mol. The second kappa shape index (κ2) is 4.25. The van der Waals surface area contributed by atoms with E-state index >= 15 is 0 Å². The Hall–Kier alpha value is -1.61. The van der Waals surface area contributed by atoms with Crippen molar-refractivity contribution in [3.05, 3.63) is 52.0 Å². The molecule has 0 fully saturated rings. The molecule has 0 aliphatic carbocycles. The topological polar surface area (TPSA) is 28.7 Å². The van der Waals surface area contributed by atoms with E-state index < -0.39 is 0 Å². The minimum absolute atomic E-state index is 0.926. The lowest BCUT2D eigenvalue weighted by Gasteiger charge is -2.01. The van der Waals surface area contributed by atoms with Crippen LogP contribution in [0.3, 0.4) is 0 Å². The van der Waals surface area contributed by atoms with Gasteiger partial charge in [-0.3, -0.25) is 0 Å². The van der Waals surface area contributed by atoms with Crippen molar-refractivity contribution < 1.29 is 0 Å². The molecule has 0 aliphatic rings. The minimum Gasteiger partial charge on any atom is -0.338 e. The molecule has 2 aromatic carbocycles. The number of fused-ring (bicyclic) bond motifs is 1. The summed E-state index contributed by atoms with van der Waals surface area (Å²) >= 11 is 3.47. The summed E-state index contributed by atoms with van der Waals surface area (Å²) in [7, 11) is 0. The Labute approximate surface area is 114 Å². The maximum absolute atomic E-state index is 4.63. The number of nitrogens with zero attached hydrogens (tertiary/aromatic N) is 1. The Balaban J connectivity index is 2.19. The van der Waals surface area contributed by atoms with Crippen LogP contribution in [0.2, 0.25) is 0 Å². The van der Waals surface area contributed by atoms with E-state index in [1.54, 1.807) is 0 Å². The van der Waals surface area contributed by atoms with E-state index in [2.05, 4.69) is 64.0 Å². The van der Waals surface area contributed by atoms with Gasteiger partial charge in [0.25, 0.3) is 0 Å². The predicted molar refractivity (Wildman–Crippen MR) is 78.7 cm³/mol. The number of aryl methyl sites for hydroxylation is 2. The molecule has 0 bridgehead atoms. The molecule has 0 unspecified atom stereocenters. The van der Waals surface area contributed by atoms with Crippen LogP contribution in [0.4, 0.5) is 0 Å². The standard InChI is InChI=1S/C15H13BrN2/c1-9-5-10(2)7-11(6-9)15-17-13-4-3-12(16)8-14(13)18-15/h3-8H,1-2H3,(H,17,18). The van der Waals surface area contributed by atoms with Crippen LogP contribution >= 0.6 is 15.9 Å². The minimum atomic E-state index is 0.926. The molecule has 1 heterocycles. The van der Waals surface area contributed by atoms with Crippen molar-refractivity contribution in [3.8, 4) is 11.4 Å². The summed E-state index contributed by atoms with van der Waals surface area (Å²) in [6.07, 6.45) is 0. The maximum atomic E-state index is 4.63. The lowest BCUT2D eigenvalue weighted by molar-refractivity contribution is 1.30. The molecule has 0 aliphatic heterocycles. The molecule has 3 rings (SSSR count). The number of H-pyrrole nitrogens is 1. The molecular weight excluding hydrogens is 288 g/mol. The summed E-state index contributed by atoms with van der Waals surface area (Å²) in [5.41, 5.74) is 5.70. The van der Waals surface area contributed by atoms with Crippen LogP contribution < -0.4 is 0 Å². The van der Waals surface area contributed by atoms with Gasteiger partial charge in [0.15, 0.2) is 0 Å². The highest BCUT2D eigenvalue weighted by Gasteiger charge is 2.06. The van der Waals surface area contributed by atoms with E-state index in [1.165, 1.54) is 11.1 Å². The van der Waals surface area contributed by atoms with E-state index in [4.69, 9.17) is 0 Å². The quantitative estimate of drug-likeness (QED) is 0.698. The zero-order valence-electron chi connectivity index (χ0n) is 10.3. The fourth-order valence-corrected chi connectivity index (χ4v) is 2.59. The van der Waals surface area contributed by atoms with Gasteiger partial charge < -0.3 is 4.98 Å². The van der Waals surface area contributed by atoms with Crippen LogP contribution in [0.1, 0.15) is 11.1 Å². The average Bonchev–Trinajstić information content (AvgIpc) is 2.70. The number of nitrogens with one attached hydrogen (secondary N) is 1. The van der Waals surface area contributed by atoms with E-state index in [9.17, 15) is 0 Å². The fourth-order valence-electron chi connectivity index (χ4n) is 2.23. The summed E-state index contributed by atoms with van der Waals surface area (Å²) in [5.74, 6) is 0.926. The van der Waals surface area contributed by atoms with Crippen LogP contribution in [0.5, 0.6) is 0 Å². The Morgan fingerprint density at radius 2 is 1.72 bits per heavy atom. The van der Waals surface area contributed by atoms with Crippen molar-refractivity contribution in [2.45, 2.75) is 13.8 Å². The van der Waals surface area contributed by atoms with Crippen molar-refractivity contribution in [1.29, 1.82) is 0 Å². The predicted octanol–water partition coefficient (Wildman–Crippen LogP) is 4.61. The van der Waals surface area contributed by atoms with Crippen molar-refractivity contribution >= 4 is 27.0 Å². The van der Waals surface area contributed by atoms with Crippen molar-refractivity contribution in [2.75, 3.05) is 0 Å². The molecule has 18 heavy (non-hydrogen) atoms. The molecule has 0 amide bonds. The zero-order valence-corrected chi connectivity index (χ0v) is 11.9. The van der Waals surface area contributed by atoms with Gasteiger partial charge in [-0.25, -0.2) is 4.98 Å². The van der Waals surface area contributed by atoms with Gasteiger partial charge >= 0.3 is 0 Å². The Bertz CT molecular complexity index is 708. The van der Waals surface area contributed by atoms with Gasteiger partial charge in [-0.05, 0) is 44.2 Å². The number of halogens is 1. The molecule has 0 spiro atoms. The van der Waals surface area contributed by atoms with Gasteiger partial charge in [-0.15, -0.1) is 0 Å². The molecule has 3 aromatic rings. The van der Waals surface area contributed by atoms with Crippen LogP contribution in [0, 0.1) is 13.8 Å². The number of hydrogen-bond donors (Lipinski definition) is 1. The summed E-state index contributed by atoms with van der Waals surface area (Å²) < 4.78 is 1.06. The molecular formula is C15H13BrN2. The normalized spacial score (nSPS) is 11.1. The van der Waals surface area contributed by atoms with Crippen molar-refractivity contribution in [2.24, 2.45) is 0 Å². The van der Waals surface area contributed by atoms with E-state index in [0.29, 0.717) is 0 Å². The van der Waals surface area contributed by atoms with E-state index in [0.717, 1.165) is 26.9 Å². The zero-order chi connectivity index (χ0) is 12.7. The highest BCUT2D eigenvalue weighted by atomic mass is 79.9. The highest BCUT2D eigenvalue weighted by molar-refractivity contribution is 9.10. The molecule has 2 nitrogen and oxygen atoms in total. The summed E-state index contributed by atoms with van der Waals surface area (Å²) in [5, 5.41) is 0. The van der Waals surface area contributed by atoms with Crippen LogP contribution in [-0.2, 0) is 0 Å². The van der Waals surface area contributed by atoms with E-state index in [1.807, 2.05) is 12.1 Å². The summed E-state index contributed by atoms with van der Waals surface area (Å²) in [6.45, 7) is 4.21. The summed E-state index contributed by atoms with van der Waals surface area (Å²) in [6, 6.07) is 12.5. The number of aromatic nitrogens is 2. The number of rotatable bonds is 1. The first-order valence-corrected chi connectivity index (χ1v) is 6.65. The van der Waals surface area contributed by atoms with Gasteiger partial charge in [0.2, 0.25) is 0 Å². The molecule has 3 heteroatoms. The third kappa shape index (κ3) is 2.06. The second-order valence-electron chi connectivity index (χ2n) is 4.62. The SMILES string of the molecule is Cc1cc(C)cc(-c2nc3ccc(Br)cc3[nH]2)c1. The Kier molecular flexibility index (Phi) is 2.71. The Morgan fingerprint density at radius 3 is 2.44 bits per heavy atom. The lowest BCUT2D eigenvalue weighted by atomic mass is 10.1. The third-order valence-corrected chi connectivity index (χ3v) is 3.43. The molecule has 1 aromatic heterocycles. The van der Waals surface area contributed by atoms with Gasteiger partial charge in [0.1, 0.15) is 5.82 Å². The number of benzene rings is 2. The second-order valence-corrected chi connectivity index (χ2v) is 5.54. The third-order valence-electron chi connectivity index (χ3n) is 2.94. The molecule has 0 radical (unpaired) electrons. The summed E-state index contributed by atoms with van der Waals surface area (Å²) in [4.78, 5) is 8.00. The van der Waals surface area contributed by atoms with Gasteiger partial charge in [-0.2, -0.15) is 0 Å². The number of aromatic amines is 1. The van der Waals surface area contributed by atoms with Crippen molar-refractivity contribution in [3.63, 3.8) is 0 Å². The van der Waals surface area contributed by atoms with E-state index in [-0.39, 0.29) is 0 Å². The molecule has 0 saturated heterocycles.